The second-order valence-electron chi connectivity index (χ2n) is 5.55. The summed E-state index contributed by atoms with van der Waals surface area (Å²) >= 11 is 1.35. The van der Waals surface area contributed by atoms with Crippen molar-refractivity contribution in [2.75, 3.05) is 13.1 Å². The first-order chi connectivity index (χ1) is 11.6. The van der Waals surface area contributed by atoms with Gasteiger partial charge in [0.15, 0.2) is 0 Å². The second-order valence-corrected chi connectivity index (χ2v) is 6.57. The van der Waals surface area contributed by atoms with Crippen molar-refractivity contribution in [1.82, 2.24) is 9.88 Å². The van der Waals surface area contributed by atoms with Crippen LogP contribution in [-0.4, -0.2) is 33.8 Å². The van der Waals surface area contributed by atoms with Crippen LogP contribution in [0.5, 0.6) is 0 Å². The fraction of sp³-hybridized carbons (Fsp3) is 0.294. The largest absolute Gasteiger partial charge is 0.339 e. The molecule has 7 heteroatoms. The van der Waals surface area contributed by atoms with Crippen molar-refractivity contribution in [3.63, 3.8) is 0 Å². The Bertz CT molecular complexity index is 746. The smallest absolute Gasteiger partial charge is 0.283 e. The zero-order valence-electron chi connectivity index (χ0n) is 13.1. The fourth-order valence-corrected chi connectivity index (χ4v) is 3.57. The van der Waals surface area contributed by atoms with Crippen LogP contribution in [0.1, 0.15) is 28.9 Å². The van der Waals surface area contributed by atoms with Crippen molar-refractivity contribution in [2.24, 2.45) is 0 Å². The number of pyridine rings is 1. The number of benzene rings is 1. The van der Waals surface area contributed by atoms with E-state index in [4.69, 9.17) is 0 Å². The summed E-state index contributed by atoms with van der Waals surface area (Å²) in [5.74, 6) is 0.415. The molecule has 1 fully saturated rings. The van der Waals surface area contributed by atoms with Gasteiger partial charge in [0.25, 0.3) is 11.6 Å². The van der Waals surface area contributed by atoms with E-state index in [1.807, 2.05) is 18.2 Å². The molecule has 0 N–H and O–H groups in total. The van der Waals surface area contributed by atoms with E-state index in [1.54, 1.807) is 23.2 Å². The number of likely N-dealkylation sites (tertiary alicyclic amines) is 1. The topological polar surface area (TPSA) is 76.3 Å². The fourth-order valence-electron chi connectivity index (χ4n) is 2.65. The van der Waals surface area contributed by atoms with Gasteiger partial charge in [-0.05, 0) is 37.1 Å². The summed E-state index contributed by atoms with van der Waals surface area (Å²) < 4.78 is 0. The number of carbonyl (C=O) groups excluding carboxylic acids is 1. The van der Waals surface area contributed by atoms with Crippen LogP contribution < -0.4 is 0 Å². The molecular formula is C17H17N3O3S. The molecule has 124 valence electrons. The van der Waals surface area contributed by atoms with E-state index in [2.05, 4.69) is 4.98 Å². The van der Waals surface area contributed by atoms with Crippen LogP contribution in [0.2, 0.25) is 0 Å². The summed E-state index contributed by atoms with van der Waals surface area (Å²) in [6, 6.07) is 10.3. The highest BCUT2D eigenvalue weighted by Gasteiger charge is 2.23. The van der Waals surface area contributed by atoms with Gasteiger partial charge in [0.2, 0.25) is 0 Å². The third kappa shape index (κ3) is 3.73. The normalized spacial score (nSPS) is 13.9. The van der Waals surface area contributed by atoms with Crippen molar-refractivity contribution in [3.05, 3.63) is 64.0 Å². The van der Waals surface area contributed by atoms with E-state index in [-0.39, 0.29) is 11.6 Å². The number of amides is 1. The predicted octanol–water partition coefficient (Wildman–Crippen LogP) is 3.52. The zero-order valence-corrected chi connectivity index (χ0v) is 13.9. The van der Waals surface area contributed by atoms with Gasteiger partial charge in [0.05, 0.1) is 15.5 Å². The van der Waals surface area contributed by atoms with Crippen LogP contribution in [0.4, 0.5) is 5.69 Å². The van der Waals surface area contributed by atoms with Gasteiger partial charge in [-0.25, -0.2) is 0 Å². The quantitative estimate of drug-likeness (QED) is 0.472. The van der Waals surface area contributed by atoms with E-state index in [1.165, 1.54) is 17.8 Å². The van der Waals surface area contributed by atoms with Crippen LogP contribution in [0.15, 0.2) is 47.5 Å². The molecule has 2 heterocycles. The number of nitro groups is 1. The lowest BCUT2D eigenvalue weighted by Crippen LogP contribution is -2.27. The number of carbonyl (C=O) groups is 1. The molecule has 1 aromatic heterocycles. The lowest BCUT2D eigenvalue weighted by Gasteiger charge is -2.15. The Morgan fingerprint density at radius 3 is 2.71 bits per heavy atom. The molecule has 1 aliphatic rings. The molecule has 1 amide bonds. The van der Waals surface area contributed by atoms with E-state index in [9.17, 15) is 14.9 Å². The molecule has 0 radical (unpaired) electrons. The van der Waals surface area contributed by atoms with Crippen molar-refractivity contribution >= 4 is 23.4 Å². The number of nitrogens with zero attached hydrogens (tertiary/aromatic N) is 3. The van der Waals surface area contributed by atoms with Crippen LogP contribution in [-0.2, 0) is 5.75 Å². The molecule has 6 nitrogen and oxygen atoms in total. The van der Waals surface area contributed by atoms with Gasteiger partial charge in [-0.3, -0.25) is 19.9 Å². The number of hydrogen-bond acceptors (Lipinski definition) is 5. The third-order valence-corrected chi connectivity index (χ3v) is 4.99. The Balaban J connectivity index is 1.79. The van der Waals surface area contributed by atoms with Gasteiger partial charge in [0.1, 0.15) is 0 Å². The molecule has 24 heavy (non-hydrogen) atoms. The minimum Gasteiger partial charge on any atom is -0.339 e. The molecule has 1 aromatic carbocycles. The monoisotopic (exact) mass is 343 g/mol. The Kier molecular flexibility index (Phi) is 5.10. The van der Waals surface area contributed by atoms with Crippen LogP contribution >= 0.6 is 11.8 Å². The Morgan fingerprint density at radius 2 is 2.04 bits per heavy atom. The minimum absolute atomic E-state index is 0.0269. The molecular weight excluding hydrogens is 326 g/mol. The number of aromatic nitrogens is 1. The van der Waals surface area contributed by atoms with Gasteiger partial charge in [-0.15, -0.1) is 11.8 Å². The van der Waals surface area contributed by atoms with E-state index in [0.29, 0.717) is 16.2 Å². The molecule has 0 unspecified atom stereocenters. The summed E-state index contributed by atoms with van der Waals surface area (Å²) in [4.78, 5) is 29.9. The summed E-state index contributed by atoms with van der Waals surface area (Å²) in [5, 5.41) is 11.4. The Hall–Kier alpha value is -2.41. The van der Waals surface area contributed by atoms with E-state index >= 15 is 0 Å². The lowest BCUT2D eigenvalue weighted by molar-refractivity contribution is -0.387. The summed E-state index contributed by atoms with van der Waals surface area (Å²) in [5.41, 5.74) is 1.21. The third-order valence-electron chi connectivity index (χ3n) is 3.90. The second kappa shape index (κ2) is 7.44. The number of thioether (sulfide) groups is 1. The molecule has 2 aromatic rings. The molecule has 1 aliphatic heterocycles. The van der Waals surface area contributed by atoms with E-state index in [0.717, 1.165) is 31.6 Å². The van der Waals surface area contributed by atoms with Crippen molar-refractivity contribution < 1.29 is 9.72 Å². The van der Waals surface area contributed by atoms with Gasteiger partial charge < -0.3 is 4.90 Å². The van der Waals surface area contributed by atoms with Gasteiger partial charge in [-0.1, -0.05) is 6.07 Å². The maximum absolute atomic E-state index is 12.4. The average Bonchev–Trinajstić information content (AvgIpc) is 3.14. The van der Waals surface area contributed by atoms with Crippen LogP contribution in [0.3, 0.4) is 0 Å². The number of rotatable bonds is 5. The first kappa shape index (κ1) is 16.4. The molecule has 0 aliphatic carbocycles. The van der Waals surface area contributed by atoms with Crippen LogP contribution in [0, 0.1) is 10.1 Å². The Labute approximate surface area is 144 Å². The van der Waals surface area contributed by atoms with Crippen LogP contribution in [0.25, 0.3) is 0 Å². The maximum atomic E-state index is 12.4. The SMILES string of the molecule is O=C(c1ccc(SCc2ccccn2)c([N+](=O)[O-])c1)N1CCCC1. The summed E-state index contributed by atoms with van der Waals surface area (Å²) in [7, 11) is 0. The first-order valence-corrected chi connectivity index (χ1v) is 8.74. The maximum Gasteiger partial charge on any atom is 0.283 e. The van der Waals surface area contributed by atoms with E-state index < -0.39 is 4.92 Å². The summed E-state index contributed by atoms with van der Waals surface area (Å²) in [6.45, 7) is 1.45. The molecule has 1 saturated heterocycles. The van der Waals surface area contributed by atoms with Gasteiger partial charge in [0, 0.05) is 36.7 Å². The lowest BCUT2D eigenvalue weighted by atomic mass is 10.2. The molecule has 0 saturated carbocycles. The highest BCUT2D eigenvalue weighted by molar-refractivity contribution is 7.98. The molecule has 0 bridgehead atoms. The van der Waals surface area contributed by atoms with Gasteiger partial charge in [-0.2, -0.15) is 0 Å². The Morgan fingerprint density at radius 1 is 1.25 bits per heavy atom. The highest BCUT2D eigenvalue weighted by Crippen LogP contribution is 2.32. The molecule has 0 atom stereocenters. The molecule has 3 rings (SSSR count). The zero-order chi connectivity index (χ0) is 16.9. The standard InChI is InChI=1S/C17H17N3O3S/c21-17(19-9-3-4-10-19)13-6-7-16(15(11-13)20(22)23)24-12-14-5-1-2-8-18-14/h1-2,5-8,11H,3-4,9-10,12H2. The average molecular weight is 343 g/mol. The van der Waals surface area contributed by atoms with Crippen molar-refractivity contribution in [3.8, 4) is 0 Å². The van der Waals surface area contributed by atoms with Crippen molar-refractivity contribution in [2.45, 2.75) is 23.5 Å². The van der Waals surface area contributed by atoms with Crippen molar-refractivity contribution in [1.29, 1.82) is 0 Å². The predicted molar refractivity (Wildman–Crippen MR) is 92.0 cm³/mol. The molecule has 0 spiro atoms. The number of nitro benzene ring substituents is 1. The number of hydrogen-bond donors (Lipinski definition) is 0. The first-order valence-electron chi connectivity index (χ1n) is 7.75. The van der Waals surface area contributed by atoms with Gasteiger partial charge >= 0.3 is 0 Å². The summed E-state index contributed by atoms with van der Waals surface area (Å²) in [6.07, 6.45) is 3.68. The minimum atomic E-state index is -0.429. The highest BCUT2D eigenvalue weighted by atomic mass is 32.2.